The van der Waals surface area contributed by atoms with Crippen molar-refractivity contribution in [3.8, 4) is 10.6 Å². The van der Waals surface area contributed by atoms with Gasteiger partial charge in [-0.25, -0.2) is 9.98 Å². The predicted octanol–water partition coefficient (Wildman–Crippen LogP) is 3.60. The standard InChI is InChI=1S/C19H28N4OS/c1-4-20-19(21-12-9-13-24-5-2)22-14-17-15(3)23-18(25-17)16-10-7-6-8-11-16/h6-8,10-11H,4-5,9,12-14H2,1-3H3,(H2,20,21,22). The van der Waals surface area contributed by atoms with Crippen LogP contribution in [0, 0.1) is 6.92 Å². The summed E-state index contributed by atoms with van der Waals surface area (Å²) in [5.41, 5.74) is 2.21. The molecular formula is C19H28N4OS. The van der Waals surface area contributed by atoms with Gasteiger partial charge in [-0.3, -0.25) is 0 Å². The van der Waals surface area contributed by atoms with Gasteiger partial charge in [0.15, 0.2) is 5.96 Å². The van der Waals surface area contributed by atoms with Crippen LogP contribution in [0.5, 0.6) is 0 Å². The van der Waals surface area contributed by atoms with E-state index in [0.29, 0.717) is 6.54 Å². The second kappa shape index (κ2) is 10.8. The van der Waals surface area contributed by atoms with Gasteiger partial charge in [-0.15, -0.1) is 11.3 Å². The SMILES string of the molecule is CCNC(=NCc1sc(-c2ccccc2)nc1C)NCCCOCC. The minimum absolute atomic E-state index is 0.636. The van der Waals surface area contributed by atoms with E-state index in [0.717, 1.165) is 54.9 Å². The van der Waals surface area contributed by atoms with E-state index in [1.54, 1.807) is 11.3 Å². The highest BCUT2D eigenvalue weighted by Gasteiger charge is 2.09. The summed E-state index contributed by atoms with van der Waals surface area (Å²) in [6, 6.07) is 10.3. The van der Waals surface area contributed by atoms with Crippen molar-refractivity contribution < 1.29 is 4.74 Å². The van der Waals surface area contributed by atoms with E-state index < -0.39 is 0 Å². The summed E-state index contributed by atoms with van der Waals surface area (Å²) in [5.74, 6) is 0.841. The molecule has 0 amide bonds. The van der Waals surface area contributed by atoms with Crippen molar-refractivity contribution in [2.24, 2.45) is 4.99 Å². The van der Waals surface area contributed by atoms with Gasteiger partial charge in [-0.2, -0.15) is 0 Å². The molecule has 1 aromatic carbocycles. The fourth-order valence-corrected chi connectivity index (χ4v) is 3.29. The van der Waals surface area contributed by atoms with Gasteiger partial charge in [0.05, 0.1) is 12.2 Å². The number of hydrogen-bond acceptors (Lipinski definition) is 4. The number of rotatable bonds is 9. The number of nitrogens with zero attached hydrogens (tertiary/aromatic N) is 2. The summed E-state index contributed by atoms with van der Waals surface area (Å²) in [5, 5.41) is 7.69. The minimum Gasteiger partial charge on any atom is -0.382 e. The lowest BCUT2D eigenvalue weighted by molar-refractivity contribution is 0.145. The second-order valence-corrected chi connectivity index (χ2v) is 6.65. The summed E-state index contributed by atoms with van der Waals surface area (Å²) < 4.78 is 5.36. The highest BCUT2D eigenvalue weighted by molar-refractivity contribution is 7.15. The largest absolute Gasteiger partial charge is 0.382 e. The maximum Gasteiger partial charge on any atom is 0.191 e. The summed E-state index contributed by atoms with van der Waals surface area (Å²) in [7, 11) is 0. The van der Waals surface area contributed by atoms with E-state index in [9.17, 15) is 0 Å². The molecule has 0 saturated heterocycles. The molecule has 136 valence electrons. The van der Waals surface area contributed by atoms with Gasteiger partial charge < -0.3 is 15.4 Å². The smallest absolute Gasteiger partial charge is 0.191 e. The molecule has 2 aromatic rings. The van der Waals surface area contributed by atoms with E-state index in [2.05, 4.69) is 36.6 Å². The summed E-state index contributed by atoms with van der Waals surface area (Å²) in [4.78, 5) is 10.6. The van der Waals surface area contributed by atoms with Crippen LogP contribution in [0.25, 0.3) is 10.6 Å². The average molecular weight is 361 g/mol. The summed E-state index contributed by atoms with van der Waals surface area (Å²) >= 11 is 1.71. The topological polar surface area (TPSA) is 58.5 Å². The van der Waals surface area contributed by atoms with Crippen molar-refractivity contribution in [1.82, 2.24) is 15.6 Å². The van der Waals surface area contributed by atoms with Gasteiger partial charge in [-0.05, 0) is 27.2 Å². The number of aryl methyl sites for hydroxylation is 1. The van der Waals surface area contributed by atoms with Crippen LogP contribution in [0.1, 0.15) is 30.8 Å². The Morgan fingerprint density at radius 2 is 2.00 bits per heavy atom. The van der Waals surface area contributed by atoms with Crippen LogP contribution in [0.15, 0.2) is 35.3 Å². The van der Waals surface area contributed by atoms with Crippen molar-refractivity contribution in [1.29, 1.82) is 0 Å². The Kier molecular flexibility index (Phi) is 8.42. The van der Waals surface area contributed by atoms with E-state index in [1.165, 1.54) is 4.88 Å². The number of aromatic nitrogens is 1. The zero-order valence-electron chi connectivity index (χ0n) is 15.3. The highest BCUT2D eigenvalue weighted by atomic mass is 32.1. The molecule has 0 bridgehead atoms. The van der Waals surface area contributed by atoms with Gasteiger partial charge in [-0.1, -0.05) is 30.3 Å². The second-order valence-electron chi connectivity index (χ2n) is 5.57. The lowest BCUT2D eigenvalue weighted by Crippen LogP contribution is -2.38. The zero-order valence-corrected chi connectivity index (χ0v) is 16.2. The van der Waals surface area contributed by atoms with E-state index in [-0.39, 0.29) is 0 Å². The summed E-state index contributed by atoms with van der Waals surface area (Å²) in [6.45, 7) is 10.0. The molecule has 0 unspecified atom stereocenters. The Labute approximate surface area is 154 Å². The molecule has 0 aliphatic carbocycles. The first-order valence-electron chi connectivity index (χ1n) is 8.86. The fraction of sp³-hybridized carbons (Fsp3) is 0.474. The normalized spacial score (nSPS) is 11.6. The van der Waals surface area contributed by atoms with Crippen LogP contribution in [-0.2, 0) is 11.3 Å². The van der Waals surface area contributed by atoms with Gasteiger partial charge in [0.2, 0.25) is 0 Å². The number of hydrogen-bond donors (Lipinski definition) is 2. The third kappa shape index (κ3) is 6.48. The monoisotopic (exact) mass is 360 g/mol. The summed E-state index contributed by atoms with van der Waals surface area (Å²) in [6.07, 6.45) is 0.968. The molecule has 0 saturated carbocycles. The Bertz CT molecular complexity index is 655. The molecule has 2 rings (SSSR count). The molecule has 0 aliphatic rings. The van der Waals surface area contributed by atoms with Crippen LogP contribution in [0.2, 0.25) is 0 Å². The molecule has 1 heterocycles. The Hall–Kier alpha value is -1.92. The zero-order chi connectivity index (χ0) is 17.9. The first-order valence-corrected chi connectivity index (χ1v) is 9.67. The third-order valence-electron chi connectivity index (χ3n) is 3.60. The lowest BCUT2D eigenvalue weighted by atomic mass is 10.2. The van der Waals surface area contributed by atoms with Gasteiger partial charge in [0.1, 0.15) is 5.01 Å². The van der Waals surface area contributed by atoms with Gasteiger partial charge in [0.25, 0.3) is 0 Å². The molecule has 0 spiro atoms. The minimum atomic E-state index is 0.636. The van der Waals surface area contributed by atoms with Crippen molar-refractivity contribution >= 4 is 17.3 Å². The fourth-order valence-electron chi connectivity index (χ4n) is 2.30. The Morgan fingerprint density at radius 3 is 2.72 bits per heavy atom. The van der Waals surface area contributed by atoms with Crippen molar-refractivity contribution in [3.05, 3.63) is 40.9 Å². The van der Waals surface area contributed by atoms with Gasteiger partial charge in [0, 0.05) is 36.7 Å². The quantitative estimate of drug-likeness (QED) is 0.407. The van der Waals surface area contributed by atoms with Crippen molar-refractivity contribution in [2.45, 2.75) is 33.7 Å². The molecule has 0 aliphatic heterocycles. The molecule has 0 radical (unpaired) electrons. The first kappa shape index (κ1) is 19.4. The lowest BCUT2D eigenvalue weighted by Gasteiger charge is -2.11. The average Bonchev–Trinajstić information content (AvgIpc) is 3.01. The molecular weight excluding hydrogens is 332 g/mol. The number of benzene rings is 1. The van der Waals surface area contributed by atoms with Gasteiger partial charge >= 0.3 is 0 Å². The molecule has 5 nitrogen and oxygen atoms in total. The number of nitrogens with one attached hydrogen (secondary N) is 2. The highest BCUT2D eigenvalue weighted by Crippen LogP contribution is 2.28. The molecule has 0 atom stereocenters. The van der Waals surface area contributed by atoms with Crippen molar-refractivity contribution in [3.63, 3.8) is 0 Å². The number of aliphatic imine (C=N–C) groups is 1. The van der Waals surface area contributed by atoms with Crippen LogP contribution in [-0.4, -0.2) is 37.2 Å². The number of guanidine groups is 1. The van der Waals surface area contributed by atoms with E-state index in [1.807, 2.05) is 25.1 Å². The van der Waals surface area contributed by atoms with Crippen LogP contribution in [0.4, 0.5) is 0 Å². The molecule has 6 heteroatoms. The molecule has 2 N–H and O–H groups in total. The van der Waals surface area contributed by atoms with Crippen LogP contribution >= 0.6 is 11.3 Å². The maximum atomic E-state index is 5.36. The van der Waals surface area contributed by atoms with Crippen LogP contribution < -0.4 is 10.6 Å². The molecule has 0 fully saturated rings. The first-order chi connectivity index (χ1) is 12.2. The molecule has 25 heavy (non-hydrogen) atoms. The predicted molar refractivity (Wildman–Crippen MR) is 106 cm³/mol. The van der Waals surface area contributed by atoms with E-state index in [4.69, 9.17) is 14.7 Å². The van der Waals surface area contributed by atoms with E-state index >= 15 is 0 Å². The maximum absolute atomic E-state index is 5.36. The molecule has 1 aromatic heterocycles. The van der Waals surface area contributed by atoms with Crippen LogP contribution in [0.3, 0.4) is 0 Å². The third-order valence-corrected chi connectivity index (χ3v) is 4.79. The van der Waals surface area contributed by atoms with Crippen molar-refractivity contribution in [2.75, 3.05) is 26.3 Å². The number of thiazole rings is 1. The Morgan fingerprint density at radius 1 is 1.20 bits per heavy atom. The number of ether oxygens (including phenoxy) is 1. The Balaban J connectivity index is 1.96.